The van der Waals surface area contributed by atoms with Crippen molar-refractivity contribution in [2.24, 2.45) is 5.73 Å². The number of carboxylic acid groups (broad SMARTS) is 3. The number of aromatic carboxylic acids is 3. The van der Waals surface area contributed by atoms with E-state index in [1.54, 1.807) is 91.0 Å². The van der Waals surface area contributed by atoms with E-state index in [1.807, 2.05) is 63.4 Å². The summed E-state index contributed by atoms with van der Waals surface area (Å²) in [5, 5.41) is 39.6. The Hall–Kier alpha value is -10.3. The fraction of sp³-hybridized carbons (Fsp3) is 0.384. The summed E-state index contributed by atoms with van der Waals surface area (Å²) in [5.41, 5.74) is 10.3. The minimum atomic E-state index is -1.26. The predicted molar refractivity (Wildman–Crippen MR) is 369 cm³/mol. The fourth-order valence-corrected chi connectivity index (χ4v) is 9.83. The molecule has 25 nitrogen and oxygen atoms in total. The number of nitrogens with zero attached hydrogens (tertiary/aromatic N) is 9. The molecule has 3 amide bonds. The molecule has 3 aromatic heterocycles. The van der Waals surface area contributed by atoms with Crippen LogP contribution >= 0.6 is 0 Å². The highest BCUT2D eigenvalue weighted by atomic mass is 16.5. The number of aromatic nitrogens is 3. The number of carbonyl (C=O) groups excluding carboxylic acids is 3. The van der Waals surface area contributed by atoms with Gasteiger partial charge in [-0.2, -0.15) is 0 Å². The van der Waals surface area contributed by atoms with Crippen LogP contribution in [0.2, 0.25) is 0 Å². The first kappa shape index (κ1) is 75.1. The third-order valence-electron chi connectivity index (χ3n) is 15.2. The van der Waals surface area contributed by atoms with E-state index in [0.29, 0.717) is 134 Å². The van der Waals surface area contributed by atoms with Gasteiger partial charge in [0.15, 0.2) is 19.8 Å². The molecule has 98 heavy (non-hydrogen) atoms. The van der Waals surface area contributed by atoms with Gasteiger partial charge in [0.25, 0.3) is 17.7 Å². The van der Waals surface area contributed by atoms with E-state index < -0.39 is 17.9 Å². The highest BCUT2D eigenvalue weighted by Crippen LogP contribution is 2.20. The van der Waals surface area contributed by atoms with Crippen molar-refractivity contribution in [1.29, 1.82) is 0 Å². The molecule has 0 bridgehead atoms. The van der Waals surface area contributed by atoms with Crippen LogP contribution in [0.3, 0.4) is 0 Å². The molecule has 1 unspecified atom stereocenters. The lowest BCUT2D eigenvalue weighted by atomic mass is 10.1. The number of hydrogen-bond acceptors (Lipinski definition) is 16. The number of likely N-dealkylation sites (N-methyl/N-ethyl adjacent to an activating group) is 3. The second-order valence-corrected chi connectivity index (χ2v) is 26.8. The van der Waals surface area contributed by atoms with Gasteiger partial charge < -0.3 is 64.7 Å². The van der Waals surface area contributed by atoms with E-state index in [1.165, 1.54) is 18.2 Å². The lowest BCUT2D eigenvalue weighted by Crippen LogP contribution is -2.48. The van der Waals surface area contributed by atoms with E-state index in [-0.39, 0.29) is 86.8 Å². The van der Waals surface area contributed by atoms with Crippen molar-refractivity contribution in [1.82, 2.24) is 45.6 Å². The molecule has 516 valence electrons. The van der Waals surface area contributed by atoms with Crippen molar-refractivity contribution in [3.05, 3.63) is 177 Å². The Bertz CT molecular complexity index is 3960. The molecule has 1 aliphatic rings. The number of nitrogens with one attached hydrogen (secondary N) is 3. The smallest absolute Gasteiger partial charge is 0.354 e. The molecular formula is C73H90N13O12+3. The van der Waals surface area contributed by atoms with Crippen LogP contribution in [0.25, 0.3) is 0 Å². The number of quaternary nitrogens is 3. The van der Waals surface area contributed by atoms with Crippen LogP contribution in [0, 0.1) is 35.5 Å². The number of carbonyl (C=O) groups is 6. The molecule has 0 spiro atoms. The fourth-order valence-electron chi connectivity index (χ4n) is 9.83. The summed E-state index contributed by atoms with van der Waals surface area (Å²) in [5.74, 6) is 15.6. The molecule has 1 saturated heterocycles. The zero-order chi connectivity index (χ0) is 71.0. The zero-order valence-corrected chi connectivity index (χ0v) is 57.3. The minimum Gasteiger partial charge on any atom is -0.484 e. The van der Waals surface area contributed by atoms with Gasteiger partial charge >= 0.3 is 17.9 Å². The van der Waals surface area contributed by atoms with E-state index >= 15 is 0 Å². The topological polar surface area (TPSA) is 301 Å². The Labute approximate surface area is 573 Å². The standard InChI is InChI=1S/C73H87N13O12/c1-84(2,3)35-28-75-68(87)49-96-62-22-16-52(17-23-62)10-13-55-38-58(78-65(41-55)71(90)91)45-81-31-32-82(46-59-39-56(42-66(79-59)72(92)93)14-11-53-18-24-63(25-19-53)97-50-69(88)76-29-36-85(4,5)6)48-61(44-74)83(34-33-81)47-60-40-57(43-67(80-60)73(94)95)15-12-54-20-26-64(27-21-54)98-51-70(89)77-30-37-86(7,8)9/h16-27,38-43,61H,28-37,44-51,74H2,1-9H3,(H3-3,75,76,77,87,88,89,90,91,92,93,94,95)/p+3. The average Bonchev–Trinajstić information content (AvgIpc) is 1.34. The lowest BCUT2D eigenvalue weighted by molar-refractivity contribution is -0.869. The molecule has 0 radical (unpaired) electrons. The van der Waals surface area contributed by atoms with Crippen LogP contribution in [0.4, 0.5) is 0 Å². The van der Waals surface area contributed by atoms with Gasteiger partial charge in [0.05, 0.1) is 120 Å². The highest BCUT2D eigenvalue weighted by molar-refractivity contribution is 5.87. The van der Waals surface area contributed by atoms with Gasteiger partial charge in [-0.15, -0.1) is 0 Å². The first-order valence-electron chi connectivity index (χ1n) is 32.1. The molecule has 3 aromatic carbocycles. The first-order valence-corrected chi connectivity index (χ1v) is 32.1. The molecule has 6 aromatic rings. The first-order chi connectivity index (χ1) is 46.5. The number of rotatable bonds is 28. The third kappa shape index (κ3) is 27.1. The summed E-state index contributed by atoms with van der Waals surface area (Å²) in [6, 6.07) is 29.7. The maximum absolute atomic E-state index is 12.7. The van der Waals surface area contributed by atoms with Crippen molar-refractivity contribution >= 4 is 35.6 Å². The molecule has 1 atom stereocenters. The number of benzene rings is 3. The molecule has 1 aliphatic heterocycles. The number of ether oxygens (including phenoxy) is 3. The summed E-state index contributed by atoms with van der Waals surface area (Å²) in [6.07, 6.45) is 0. The Kier molecular flexibility index (Phi) is 27.3. The molecule has 7 rings (SSSR count). The van der Waals surface area contributed by atoms with Crippen molar-refractivity contribution in [3.8, 4) is 52.8 Å². The summed E-state index contributed by atoms with van der Waals surface area (Å²) in [6.45, 7) is 5.88. The van der Waals surface area contributed by atoms with Gasteiger partial charge in [0.1, 0.15) is 34.3 Å². The molecule has 4 heterocycles. The lowest BCUT2D eigenvalue weighted by Gasteiger charge is -2.33. The molecule has 1 fully saturated rings. The normalized spacial score (nSPS) is 13.8. The van der Waals surface area contributed by atoms with Crippen LogP contribution in [0.5, 0.6) is 17.2 Å². The highest BCUT2D eigenvalue weighted by Gasteiger charge is 2.27. The molecule has 0 aliphatic carbocycles. The van der Waals surface area contributed by atoms with E-state index in [4.69, 9.17) is 19.9 Å². The predicted octanol–water partition coefficient (Wildman–Crippen LogP) is 2.92. The van der Waals surface area contributed by atoms with Crippen molar-refractivity contribution in [2.45, 2.75) is 25.7 Å². The Morgan fingerprint density at radius 1 is 0.439 bits per heavy atom. The number of carboxylic acids is 3. The maximum Gasteiger partial charge on any atom is 0.354 e. The van der Waals surface area contributed by atoms with E-state index in [9.17, 15) is 44.1 Å². The van der Waals surface area contributed by atoms with Crippen LogP contribution in [-0.4, -0.2) is 262 Å². The van der Waals surface area contributed by atoms with Crippen LogP contribution in [0.1, 0.15) is 81.9 Å². The molecule has 8 N–H and O–H groups in total. The second-order valence-electron chi connectivity index (χ2n) is 26.8. The molecule has 0 saturated carbocycles. The van der Waals surface area contributed by atoms with Crippen LogP contribution in [-0.2, 0) is 34.0 Å². The van der Waals surface area contributed by atoms with Gasteiger partial charge in [-0.3, -0.25) is 29.1 Å². The molecular weight excluding hydrogens is 1250 g/mol. The minimum absolute atomic E-state index is 0.131. The zero-order valence-electron chi connectivity index (χ0n) is 57.3. The Balaban J connectivity index is 1.14. The van der Waals surface area contributed by atoms with E-state index in [2.05, 4.69) is 81.1 Å². The maximum atomic E-state index is 12.7. The quantitative estimate of drug-likeness (QED) is 0.0274. The van der Waals surface area contributed by atoms with Gasteiger partial charge in [-0.1, -0.05) is 35.5 Å². The van der Waals surface area contributed by atoms with Gasteiger partial charge in [-0.05, 0) is 109 Å². The van der Waals surface area contributed by atoms with Crippen LogP contribution in [0.15, 0.2) is 109 Å². The summed E-state index contributed by atoms with van der Waals surface area (Å²) in [4.78, 5) is 95.2. The largest absolute Gasteiger partial charge is 0.484 e. The SMILES string of the molecule is C[N+](C)(C)CCNC(=O)COc1ccc(C#Cc2cc(CN3CCN(Cc4cc(C#Cc5ccc(OCC(=O)NCC[N+](C)(C)C)cc5)cc(C(=O)O)n4)CC(CN)N(Cc4cc(C#Cc5ccc(OCC(=O)NCC[N+](C)(C)C)cc5)cc(C(=O)O)n4)CC3)nc(C(=O)O)c2)cc1. The third-order valence-corrected chi connectivity index (χ3v) is 15.2. The number of nitrogens with two attached hydrogens (primary N) is 1. The average molecular weight is 1340 g/mol. The monoisotopic (exact) mass is 1340 g/mol. The number of hydrogen-bond donors (Lipinski definition) is 7. The van der Waals surface area contributed by atoms with Gasteiger partial charge in [0.2, 0.25) is 0 Å². The van der Waals surface area contributed by atoms with Crippen molar-refractivity contribution < 1.29 is 71.7 Å². The van der Waals surface area contributed by atoms with Crippen molar-refractivity contribution in [3.63, 3.8) is 0 Å². The summed E-state index contributed by atoms with van der Waals surface area (Å²) in [7, 11) is 18.4. The Morgan fingerprint density at radius 3 is 1.05 bits per heavy atom. The second kappa shape index (κ2) is 35.6. The number of amides is 3. The number of pyridine rings is 3. The summed E-state index contributed by atoms with van der Waals surface area (Å²) >= 11 is 0. The van der Waals surface area contributed by atoms with Gasteiger partial charge in [0, 0.05) is 98.3 Å². The van der Waals surface area contributed by atoms with E-state index in [0.717, 1.165) is 19.6 Å². The Morgan fingerprint density at radius 2 is 0.735 bits per heavy atom. The van der Waals surface area contributed by atoms with Gasteiger partial charge in [-0.25, -0.2) is 29.3 Å². The van der Waals surface area contributed by atoms with Crippen LogP contribution < -0.4 is 35.9 Å². The van der Waals surface area contributed by atoms with Crippen molar-refractivity contribution in [2.75, 3.05) is 162 Å². The molecule has 25 heteroatoms. The summed E-state index contributed by atoms with van der Waals surface area (Å²) < 4.78 is 19.2.